The minimum atomic E-state index is -3.57. The Morgan fingerprint density at radius 3 is 2.38 bits per heavy atom. The van der Waals surface area contributed by atoms with Gasteiger partial charge in [-0.1, -0.05) is 37.6 Å². The fourth-order valence-electron chi connectivity index (χ4n) is 2.03. The van der Waals surface area contributed by atoms with Crippen molar-refractivity contribution in [1.82, 2.24) is 0 Å². The van der Waals surface area contributed by atoms with E-state index in [2.05, 4.69) is 11.7 Å². The Morgan fingerprint density at radius 2 is 1.86 bits per heavy atom. The molecule has 0 spiro atoms. The molecule has 1 rings (SSSR count). The number of esters is 1. The summed E-state index contributed by atoms with van der Waals surface area (Å²) in [6.07, 6.45) is 2.04. The molecule has 0 radical (unpaired) electrons. The number of hydrogen-bond donors (Lipinski definition) is 1. The van der Waals surface area contributed by atoms with Crippen molar-refractivity contribution in [2.45, 2.75) is 32.7 Å². The molecule has 0 bridgehead atoms. The van der Waals surface area contributed by atoms with Crippen molar-refractivity contribution in [2.75, 3.05) is 18.1 Å². The van der Waals surface area contributed by atoms with Crippen LogP contribution in [0.25, 0.3) is 0 Å². The highest BCUT2D eigenvalue weighted by Gasteiger charge is 2.22. The molecular weight excluding hydrogens is 290 g/mol. The molecule has 118 valence electrons. The standard InChI is InChI=1S/C15H23NO4S/c1-3-5-12-6-8-13(9-7-12)14(16)10-21(18,19)11-15(17)20-4-2/h6-9,14H,3-5,10-11,16H2,1-2H3. The molecule has 0 fully saturated rings. The van der Waals surface area contributed by atoms with Crippen LogP contribution < -0.4 is 5.73 Å². The summed E-state index contributed by atoms with van der Waals surface area (Å²) in [5.74, 6) is -1.62. The third-order valence-corrected chi connectivity index (χ3v) is 4.57. The predicted molar refractivity (Wildman–Crippen MR) is 82.7 cm³/mol. The average molecular weight is 313 g/mol. The van der Waals surface area contributed by atoms with Gasteiger partial charge in [0.2, 0.25) is 0 Å². The van der Waals surface area contributed by atoms with Gasteiger partial charge in [0.05, 0.1) is 12.4 Å². The van der Waals surface area contributed by atoms with E-state index < -0.39 is 27.6 Å². The first-order valence-electron chi connectivity index (χ1n) is 7.08. The molecule has 0 aliphatic carbocycles. The van der Waals surface area contributed by atoms with Crippen molar-refractivity contribution in [3.8, 4) is 0 Å². The van der Waals surface area contributed by atoms with E-state index in [-0.39, 0.29) is 12.4 Å². The molecule has 0 heterocycles. The minimum absolute atomic E-state index is 0.166. The van der Waals surface area contributed by atoms with Crippen LogP contribution in [0.15, 0.2) is 24.3 Å². The van der Waals surface area contributed by atoms with Crippen molar-refractivity contribution in [3.05, 3.63) is 35.4 Å². The van der Waals surface area contributed by atoms with E-state index in [0.717, 1.165) is 18.4 Å². The topological polar surface area (TPSA) is 86.5 Å². The lowest BCUT2D eigenvalue weighted by Gasteiger charge is -2.13. The summed E-state index contributed by atoms with van der Waals surface area (Å²) in [6.45, 7) is 3.90. The molecule has 0 amide bonds. The molecule has 1 unspecified atom stereocenters. The zero-order valence-corrected chi connectivity index (χ0v) is 13.4. The molecule has 1 aromatic carbocycles. The van der Waals surface area contributed by atoms with Gasteiger partial charge in [0.1, 0.15) is 5.75 Å². The van der Waals surface area contributed by atoms with Crippen molar-refractivity contribution < 1.29 is 17.9 Å². The van der Waals surface area contributed by atoms with E-state index in [1.54, 1.807) is 6.92 Å². The summed E-state index contributed by atoms with van der Waals surface area (Å²) in [5.41, 5.74) is 7.87. The molecule has 0 saturated carbocycles. The lowest BCUT2D eigenvalue weighted by atomic mass is 10.0. The molecule has 21 heavy (non-hydrogen) atoms. The first-order valence-corrected chi connectivity index (χ1v) is 8.90. The Bertz CT molecular complexity index is 552. The van der Waals surface area contributed by atoms with Crippen LogP contribution in [0.4, 0.5) is 0 Å². The average Bonchev–Trinajstić information content (AvgIpc) is 2.38. The fraction of sp³-hybridized carbons (Fsp3) is 0.533. The Labute approximate surface area is 126 Å². The van der Waals surface area contributed by atoms with E-state index in [1.807, 2.05) is 24.3 Å². The summed E-state index contributed by atoms with van der Waals surface area (Å²) in [6, 6.07) is 6.96. The van der Waals surface area contributed by atoms with Crippen LogP contribution >= 0.6 is 0 Å². The molecule has 1 aromatic rings. The van der Waals surface area contributed by atoms with E-state index in [4.69, 9.17) is 5.73 Å². The first-order chi connectivity index (χ1) is 9.88. The highest BCUT2D eigenvalue weighted by atomic mass is 32.2. The van der Waals surface area contributed by atoms with Gasteiger partial charge in [0.25, 0.3) is 0 Å². The van der Waals surface area contributed by atoms with E-state index >= 15 is 0 Å². The SMILES string of the molecule is CCCc1ccc(C(N)CS(=O)(=O)CC(=O)OCC)cc1. The predicted octanol–water partition coefficient (Wildman–Crippen LogP) is 1.62. The second kappa shape index (κ2) is 8.14. The van der Waals surface area contributed by atoms with Crippen LogP contribution in [0.1, 0.15) is 37.4 Å². The van der Waals surface area contributed by atoms with E-state index in [0.29, 0.717) is 0 Å². The monoisotopic (exact) mass is 313 g/mol. The number of hydrogen-bond acceptors (Lipinski definition) is 5. The van der Waals surface area contributed by atoms with Gasteiger partial charge in [-0.3, -0.25) is 4.79 Å². The van der Waals surface area contributed by atoms with Crippen LogP contribution in [0.2, 0.25) is 0 Å². The molecule has 1 atom stereocenters. The number of sulfone groups is 1. The van der Waals surface area contributed by atoms with Gasteiger partial charge >= 0.3 is 5.97 Å². The maximum Gasteiger partial charge on any atom is 0.321 e. The number of aryl methyl sites for hydroxylation is 1. The van der Waals surface area contributed by atoms with Crippen LogP contribution in [0.3, 0.4) is 0 Å². The van der Waals surface area contributed by atoms with Crippen LogP contribution in [-0.4, -0.2) is 32.5 Å². The number of ether oxygens (including phenoxy) is 1. The molecule has 0 aromatic heterocycles. The van der Waals surface area contributed by atoms with Crippen molar-refractivity contribution in [2.24, 2.45) is 5.73 Å². The number of nitrogens with two attached hydrogens (primary N) is 1. The van der Waals surface area contributed by atoms with Crippen LogP contribution in [-0.2, 0) is 25.8 Å². The fourth-order valence-corrected chi connectivity index (χ4v) is 3.33. The van der Waals surface area contributed by atoms with Gasteiger partial charge in [-0.05, 0) is 24.5 Å². The van der Waals surface area contributed by atoms with Crippen molar-refractivity contribution in [1.29, 1.82) is 0 Å². The van der Waals surface area contributed by atoms with Gasteiger partial charge in [-0.2, -0.15) is 0 Å². The maximum atomic E-state index is 11.9. The third-order valence-electron chi connectivity index (χ3n) is 3.02. The molecular formula is C15H23NO4S. The highest BCUT2D eigenvalue weighted by Crippen LogP contribution is 2.15. The van der Waals surface area contributed by atoms with E-state index in [1.165, 1.54) is 5.56 Å². The molecule has 0 saturated heterocycles. The van der Waals surface area contributed by atoms with Crippen LogP contribution in [0.5, 0.6) is 0 Å². The molecule has 5 nitrogen and oxygen atoms in total. The van der Waals surface area contributed by atoms with E-state index in [9.17, 15) is 13.2 Å². The molecule has 2 N–H and O–H groups in total. The lowest BCUT2D eigenvalue weighted by molar-refractivity contribution is -0.139. The Morgan fingerprint density at radius 1 is 1.24 bits per heavy atom. The third kappa shape index (κ3) is 6.27. The second-order valence-corrected chi connectivity index (χ2v) is 7.07. The second-order valence-electron chi connectivity index (χ2n) is 4.96. The number of carbonyl (C=O) groups is 1. The molecule has 6 heteroatoms. The van der Waals surface area contributed by atoms with Gasteiger partial charge < -0.3 is 10.5 Å². The number of rotatable bonds is 8. The quantitative estimate of drug-likeness (QED) is 0.737. The molecule has 0 aliphatic heterocycles. The summed E-state index contributed by atoms with van der Waals surface area (Å²) in [4.78, 5) is 11.3. The smallest absolute Gasteiger partial charge is 0.321 e. The summed E-state index contributed by atoms with van der Waals surface area (Å²) in [7, 11) is -3.57. The highest BCUT2D eigenvalue weighted by molar-refractivity contribution is 7.92. The first kappa shape index (κ1) is 17.7. The van der Waals surface area contributed by atoms with Crippen LogP contribution in [0, 0.1) is 0 Å². The van der Waals surface area contributed by atoms with Gasteiger partial charge in [0.15, 0.2) is 9.84 Å². The summed E-state index contributed by atoms with van der Waals surface area (Å²) >= 11 is 0. The maximum absolute atomic E-state index is 11.9. The Hall–Kier alpha value is -1.40. The lowest BCUT2D eigenvalue weighted by Crippen LogP contribution is -2.27. The minimum Gasteiger partial charge on any atom is -0.465 e. The van der Waals surface area contributed by atoms with Gasteiger partial charge in [-0.25, -0.2) is 8.42 Å². The Balaban J connectivity index is 2.66. The summed E-state index contributed by atoms with van der Waals surface area (Å²) in [5, 5.41) is 0. The number of benzene rings is 1. The van der Waals surface area contributed by atoms with Crippen molar-refractivity contribution in [3.63, 3.8) is 0 Å². The van der Waals surface area contributed by atoms with Gasteiger partial charge in [0, 0.05) is 6.04 Å². The zero-order valence-electron chi connectivity index (χ0n) is 12.5. The Kier molecular flexibility index (Phi) is 6.84. The van der Waals surface area contributed by atoms with Crippen molar-refractivity contribution >= 4 is 15.8 Å². The van der Waals surface area contributed by atoms with Gasteiger partial charge in [-0.15, -0.1) is 0 Å². The number of carbonyl (C=O) groups excluding carboxylic acids is 1. The largest absolute Gasteiger partial charge is 0.465 e. The normalized spacial score (nSPS) is 12.9. The summed E-state index contributed by atoms with van der Waals surface area (Å²) < 4.78 is 28.4. The zero-order chi connectivity index (χ0) is 15.9. The molecule has 0 aliphatic rings.